The van der Waals surface area contributed by atoms with Crippen LogP contribution >= 0.6 is 0 Å². The molecule has 0 aliphatic heterocycles. The molecule has 2 rings (SSSR count). The zero-order chi connectivity index (χ0) is 13.3. The van der Waals surface area contributed by atoms with Gasteiger partial charge >= 0.3 is 6.18 Å². The molecule has 0 amide bonds. The van der Waals surface area contributed by atoms with Gasteiger partial charge in [0.2, 0.25) is 5.95 Å². The van der Waals surface area contributed by atoms with Crippen LogP contribution < -0.4 is 5.32 Å². The maximum Gasteiger partial charge on any atom is 0.405 e. The molecule has 2 aromatic rings. The number of aryl methyl sites for hydroxylation is 2. The minimum absolute atomic E-state index is 0.106. The number of rotatable bonds is 3. The van der Waals surface area contributed by atoms with Crippen molar-refractivity contribution in [1.29, 1.82) is 0 Å². The molecular weight excluding hydrogens is 249 g/mol. The summed E-state index contributed by atoms with van der Waals surface area (Å²) in [5.74, 6) is 0.217. The molecule has 98 valence electrons. The molecule has 0 saturated carbocycles. The third kappa shape index (κ3) is 2.79. The SMILES string of the molecule is Cc1cc(-c2nc(NCC(F)(F)F)n[nH]2)nn1C. The van der Waals surface area contributed by atoms with Crippen LogP contribution in [0.5, 0.6) is 0 Å². The topological polar surface area (TPSA) is 71.4 Å². The van der Waals surface area contributed by atoms with E-state index in [9.17, 15) is 13.2 Å². The minimum atomic E-state index is -4.30. The number of nitrogens with one attached hydrogen (secondary N) is 2. The van der Waals surface area contributed by atoms with Crippen molar-refractivity contribution in [3.63, 3.8) is 0 Å². The van der Waals surface area contributed by atoms with E-state index < -0.39 is 12.7 Å². The first-order valence-electron chi connectivity index (χ1n) is 5.09. The van der Waals surface area contributed by atoms with Gasteiger partial charge in [0, 0.05) is 12.7 Å². The number of halogens is 3. The van der Waals surface area contributed by atoms with Gasteiger partial charge in [-0.2, -0.15) is 23.3 Å². The summed E-state index contributed by atoms with van der Waals surface area (Å²) in [6.45, 7) is 0.682. The van der Waals surface area contributed by atoms with Gasteiger partial charge in [-0.1, -0.05) is 0 Å². The average molecular weight is 260 g/mol. The van der Waals surface area contributed by atoms with E-state index in [1.807, 2.05) is 6.92 Å². The van der Waals surface area contributed by atoms with Crippen molar-refractivity contribution >= 4 is 5.95 Å². The summed E-state index contributed by atoms with van der Waals surface area (Å²) in [6, 6.07) is 1.76. The summed E-state index contributed by atoms with van der Waals surface area (Å²) >= 11 is 0. The van der Waals surface area contributed by atoms with Crippen LogP contribution in [0.25, 0.3) is 11.5 Å². The highest BCUT2D eigenvalue weighted by atomic mass is 19.4. The third-order valence-electron chi connectivity index (χ3n) is 2.29. The Labute approximate surface area is 100 Å². The Balaban J connectivity index is 2.11. The summed E-state index contributed by atoms with van der Waals surface area (Å²) in [5, 5.41) is 12.4. The van der Waals surface area contributed by atoms with Gasteiger partial charge in [0.15, 0.2) is 5.82 Å². The molecule has 2 aromatic heterocycles. The fraction of sp³-hybridized carbons (Fsp3) is 0.444. The van der Waals surface area contributed by atoms with Crippen molar-refractivity contribution in [2.24, 2.45) is 7.05 Å². The highest BCUT2D eigenvalue weighted by Crippen LogP contribution is 2.17. The number of hydrogen-bond donors (Lipinski definition) is 2. The van der Waals surface area contributed by atoms with Gasteiger partial charge in [-0.3, -0.25) is 9.78 Å². The Morgan fingerprint density at radius 2 is 2.17 bits per heavy atom. The lowest BCUT2D eigenvalue weighted by molar-refractivity contribution is -0.115. The largest absolute Gasteiger partial charge is 0.405 e. The molecule has 2 N–H and O–H groups in total. The zero-order valence-electron chi connectivity index (χ0n) is 9.71. The second-order valence-corrected chi connectivity index (χ2v) is 3.77. The molecule has 0 aromatic carbocycles. The van der Waals surface area contributed by atoms with Gasteiger partial charge in [-0.25, -0.2) is 0 Å². The fourth-order valence-corrected chi connectivity index (χ4v) is 1.31. The molecule has 0 aliphatic carbocycles. The quantitative estimate of drug-likeness (QED) is 0.877. The Kier molecular flexibility index (Phi) is 2.97. The summed E-state index contributed by atoms with van der Waals surface area (Å²) in [6.07, 6.45) is -4.30. The van der Waals surface area contributed by atoms with E-state index in [1.54, 1.807) is 17.8 Å². The highest BCUT2D eigenvalue weighted by Gasteiger charge is 2.27. The Morgan fingerprint density at radius 3 is 2.72 bits per heavy atom. The molecular formula is C9H11F3N6. The monoisotopic (exact) mass is 260 g/mol. The molecule has 2 heterocycles. The molecule has 6 nitrogen and oxygen atoms in total. The Morgan fingerprint density at radius 1 is 1.44 bits per heavy atom. The first kappa shape index (κ1) is 12.4. The molecule has 0 spiro atoms. The number of H-pyrrole nitrogens is 1. The number of aromatic amines is 1. The maximum absolute atomic E-state index is 12.0. The van der Waals surface area contributed by atoms with Crippen LogP contribution in [0.1, 0.15) is 5.69 Å². The molecule has 9 heteroatoms. The van der Waals surface area contributed by atoms with E-state index in [-0.39, 0.29) is 5.95 Å². The minimum Gasteiger partial charge on any atom is -0.344 e. The van der Waals surface area contributed by atoms with E-state index in [2.05, 4.69) is 25.6 Å². The standard InChI is InChI=1S/C9H11F3N6/c1-5-3-6(17-18(5)2)7-14-8(16-15-7)13-4-9(10,11)12/h3H,4H2,1-2H3,(H2,13,14,15,16). The molecule has 0 fully saturated rings. The average Bonchev–Trinajstić information content (AvgIpc) is 2.83. The summed E-state index contributed by atoms with van der Waals surface area (Å²) in [4.78, 5) is 3.88. The van der Waals surface area contributed by atoms with Gasteiger partial charge in [-0.05, 0) is 13.0 Å². The van der Waals surface area contributed by atoms with E-state index in [1.165, 1.54) is 0 Å². The van der Waals surface area contributed by atoms with Crippen LogP contribution in [0.3, 0.4) is 0 Å². The molecule has 0 bridgehead atoms. The van der Waals surface area contributed by atoms with Gasteiger partial charge in [0.25, 0.3) is 0 Å². The van der Waals surface area contributed by atoms with Gasteiger partial charge in [0.05, 0.1) is 0 Å². The molecule has 0 atom stereocenters. The van der Waals surface area contributed by atoms with Crippen LogP contribution in [0.2, 0.25) is 0 Å². The van der Waals surface area contributed by atoms with E-state index >= 15 is 0 Å². The number of hydrogen-bond acceptors (Lipinski definition) is 4. The van der Waals surface area contributed by atoms with Crippen LogP contribution in [0, 0.1) is 6.92 Å². The van der Waals surface area contributed by atoms with E-state index in [0.717, 1.165) is 5.69 Å². The van der Waals surface area contributed by atoms with Crippen LogP contribution in [-0.4, -0.2) is 37.7 Å². The van der Waals surface area contributed by atoms with E-state index in [4.69, 9.17) is 0 Å². The fourth-order valence-electron chi connectivity index (χ4n) is 1.31. The Bertz CT molecular complexity index is 521. The second kappa shape index (κ2) is 4.31. The second-order valence-electron chi connectivity index (χ2n) is 3.77. The molecule has 0 radical (unpaired) electrons. The summed E-state index contributed by atoms with van der Waals surface area (Å²) in [7, 11) is 1.76. The van der Waals surface area contributed by atoms with Crippen molar-refractivity contribution < 1.29 is 13.2 Å². The van der Waals surface area contributed by atoms with Crippen molar-refractivity contribution in [3.05, 3.63) is 11.8 Å². The van der Waals surface area contributed by atoms with Crippen LogP contribution in [-0.2, 0) is 7.05 Å². The van der Waals surface area contributed by atoms with Crippen LogP contribution in [0.15, 0.2) is 6.07 Å². The lowest BCUT2D eigenvalue weighted by Crippen LogP contribution is -2.21. The molecule has 0 aliphatic rings. The van der Waals surface area contributed by atoms with Gasteiger partial charge in [-0.15, -0.1) is 5.10 Å². The van der Waals surface area contributed by atoms with Crippen molar-refractivity contribution in [2.75, 3.05) is 11.9 Å². The van der Waals surface area contributed by atoms with Gasteiger partial charge in [0.1, 0.15) is 12.2 Å². The zero-order valence-corrected chi connectivity index (χ0v) is 9.71. The lowest BCUT2D eigenvalue weighted by atomic mass is 10.3. The molecule has 0 saturated heterocycles. The number of alkyl halides is 3. The van der Waals surface area contributed by atoms with E-state index in [0.29, 0.717) is 11.5 Å². The van der Waals surface area contributed by atoms with Crippen LogP contribution in [0.4, 0.5) is 19.1 Å². The third-order valence-corrected chi connectivity index (χ3v) is 2.29. The number of anilines is 1. The smallest absolute Gasteiger partial charge is 0.344 e. The number of aromatic nitrogens is 5. The first-order chi connectivity index (χ1) is 8.35. The van der Waals surface area contributed by atoms with Crippen molar-refractivity contribution in [1.82, 2.24) is 25.0 Å². The normalized spacial score (nSPS) is 11.8. The van der Waals surface area contributed by atoms with Gasteiger partial charge < -0.3 is 5.32 Å². The van der Waals surface area contributed by atoms with Crippen molar-refractivity contribution in [3.8, 4) is 11.5 Å². The molecule has 18 heavy (non-hydrogen) atoms. The summed E-state index contributed by atoms with van der Waals surface area (Å²) < 4.78 is 37.6. The Hall–Kier alpha value is -2.06. The predicted molar refractivity (Wildman–Crippen MR) is 57.9 cm³/mol. The van der Waals surface area contributed by atoms with Crippen molar-refractivity contribution in [2.45, 2.75) is 13.1 Å². The lowest BCUT2D eigenvalue weighted by Gasteiger charge is -2.04. The molecule has 0 unspecified atom stereocenters. The summed E-state index contributed by atoms with van der Waals surface area (Å²) in [5.41, 5.74) is 1.44. The number of nitrogens with zero attached hydrogens (tertiary/aromatic N) is 4. The predicted octanol–water partition coefficient (Wildman–Crippen LogP) is 1.49. The highest BCUT2D eigenvalue weighted by molar-refractivity contribution is 5.51. The first-order valence-corrected chi connectivity index (χ1v) is 5.09. The maximum atomic E-state index is 12.0.